The van der Waals surface area contributed by atoms with Crippen LogP contribution < -0.4 is 10.1 Å². The molecule has 2 aromatic heterocycles. The number of anilines is 1. The van der Waals surface area contributed by atoms with Gasteiger partial charge in [-0.25, -0.2) is 9.97 Å². The molecule has 1 aromatic carbocycles. The van der Waals surface area contributed by atoms with E-state index in [4.69, 9.17) is 4.74 Å². The Morgan fingerprint density at radius 1 is 1.32 bits per heavy atom. The van der Waals surface area contributed by atoms with Crippen LogP contribution in [0.3, 0.4) is 0 Å². The Kier molecular flexibility index (Phi) is 4.06. The van der Waals surface area contributed by atoms with Crippen LogP contribution in [0.5, 0.6) is 5.75 Å². The van der Waals surface area contributed by atoms with Gasteiger partial charge in [-0.3, -0.25) is 0 Å². The number of aromatic nitrogens is 4. The molecule has 1 N–H and O–H groups in total. The lowest BCUT2D eigenvalue weighted by atomic mass is 10.1. The summed E-state index contributed by atoms with van der Waals surface area (Å²) in [6.07, 6.45) is 3.70. The number of hydrogen-bond acceptors (Lipinski definition) is 6. The lowest BCUT2D eigenvalue weighted by Gasteiger charge is -2.20. The van der Waals surface area contributed by atoms with Crippen LogP contribution in [0.25, 0.3) is 0 Å². The predicted molar refractivity (Wildman–Crippen MR) is 86.3 cm³/mol. The average Bonchev–Trinajstić information content (AvgIpc) is 3.13. The van der Waals surface area contributed by atoms with E-state index in [0.717, 1.165) is 28.1 Å². The Hall–Kier alpha value is -2.41. The first kappa shape index (κ1) is 14.5. The Labute approximate surface area is 133 Å². The molecule has 0 aliphatic carbocycles. The van der Waals surface area contributed by atoms with Gasteiger partial charge in [-0.1, -0.05) is 18.2 Å². The molecule has 0 saturated heterocycles. The van der Waals surface area contributed by atoms with E-state index in [-0.39, 0.29) is 6.04 Å². The maximum Gasteiger partial charge on any atom is 0.203 e. The summed E-state index contributed by atoms with van der Waals surface area (Å²) in [4.78, 5) is 8.86. The molecule has 1 unspecified atom stereocenters. The largest absolute Gasteiger partial charge is 0.496 e. The van der Waals surface area contributed by atoms with Gasteiger partial charge in [-0.2, -0.15) is 4.37 Å². The van der Waals surface area contributed by atoms with Crippen molar-refractivity contribution >= 4 is 16.7 Å². The summed E-state index contributed by atoms with van der Waals surface area (Å²) in [5.41, 5.74) is 1.01. The summed E-state index contributed by atoms with van der Waals surface area (Å²) >= 11 is 1.34. The van der Waals surface area contributed by atoms with Crippen molar-refractivity contribution in [2.75, 3.05) is 12.4 Å². The number of rotatable bonds is 5. The van der Waals surface area contributed by atoms with Crippen LogP contribution in [0.1, 0.15) is 23.3 Å². The molecule has 0 saturated carbocycles. The minimum Gasteiger partial charge on any atom is -0.496 e. The fourth-order valence-corrected chi connectivity index (χ4v) is 2.92. The molecule has 0 spiro atoms. The second-order valence-corrected chi connectivity index (χ2v) is 5.61. The van der Waals surface area contributed by atoms with E-state index in [1.54, 1.807) is 13.3 Å². The molecule has 0 radical (unpaired) electrons. The molecule has 22 heavy (non-hydrogen) atoms. The highest BCUT2D eigenvalue weighted by molar-refractivity contribution is 7.09. The van der Waals surface area contributed by atoms with Gasteiger partial charge in [0.15, 0.2) is 0 Å². The normalized spacial score (nSPS) is 12.1. The van der Waals surface area contributed by atoms with Crippen LogP contribution >= 0.6 is 11.5 Å². The number of benzene rings is 1. The first-order valence-corrected chi connectivity index (χ1v) is 7.63. The van der Waals surface area contributed by atoms with Crippen molar-refractivity contribution in [1.29, 1.82) is 0 Å². The summed E-state index contributed by atoms with van der Waals surface area (Å²) in [6.45, 7) is 1.88. The lowest BCUT2D eigenvalue weighted by Crippen LogP contribution is -2.17. The highest BCUT2D eigenvalue weighted by atomic mass is 32.1. The minimum atomic E-state index is -0.163. The van der Waals surface area contributed by atoms with Crippen LogP contribution in [0.4, 0.5) is 5.13 Å². The van der Waals surface area contributed by atoms with Gasteiger partial charge >= 0.3 is 0 Å². The molecule has 0 aliphatic heterocycles. The summed E-state index contributed by atoms with van der Waals surface area (Å²) in [6, 6.07) is 7.74. The molecular weight excluding hydrogens is 298 g/mol. The van der Waals surface area contributed by atoms with Crippen LogP contribution in [-0.2, 0) is 7.05 Å². The van der Waals surface area contributed by atoms with Crippen LogP contribution in [-0.4, -0.2) is 26.0 Å². The monoisotopic (exact) mass is 315 g/mol. The number of imidazole rings is 1. The maximum atomic E-state index is 5.50. The first-order chi connectivity index (χ1) is 10.7. The Bertz CT molecular complexity index is 767. The number of hydrogen-bond donors (Lipinski definition) is 1. The lowest BCUT2D eigenvalue weighted by molar-refractivity contribution is 0.408. The van der Waals surface area contributed by atoms with Crippen molar-refractivity contribution in [2.24, 2.45) is 7.05 Å². The second-order valence-electron chi connectivity index (χ2n) is 4.86. The SMILES string of the molecule is COc1ccccc1C(Nc1nc(C)ns1)c1nccn1C. The molecule has 0 amide bonds. The molecule has 1 atom stereocenters. The number of methoxy groups -OCH3 is 1. The molecule has 3 rings (SSSR count). The Balaban J connectivity index is 2.05. The maximum absolute atomic E-state index is 5.50. The highest BCUT2D eigenvalue weighted by Crippen LogP contribution is 2.32. The molecule has 2 heterocycles. The third-order valence-electron chi connectivity index (χ3n) is 3.36. The molecule has 0 bridgehead atoms. The predicted octanol–water partition coefficient (Wildman–Crippen LogP) is 2.79. The van der Waals surface area contributed by atoms with Crippen molar-refractivity contribution in [2.45, 2.75) is 13.0 Å². The van der Waals surface area contributed by atoms with Gasteiger partial charge in [0.05, 0.1) is 7.11 Å². The van der Waals surface area contributed by atoms with Gasteiger partial charge in [-0.15, -0.1) is 0 Å². The summed E-state index contributed by atoms with van der Waals surface area (Å²) < 4.78 is 11.7. The third-order valence-corrected chi connectivity index (χ3v) is 4.10. The van der Waals surface area contributed by atoms with Gasteiger partial charge in [0, 0.05) is 36.5 Å². The van der Waals surface area contributed by atoms with Crippen molar-refractivity contribution in [3.05, 3.63) is 53.9 Å². The van der Waals surface area contributed by atoms with E-state index in [2.05, 4.69) is 19.7 Å². The number of aryl methyl sites for hydroxylation is 2. The molecule has 114 valence electrons. The van der Waals surface area contributed by atoms with E-state index in [1.807, 2.05) is 49.0 Å². The van der Waals surface area contributed by atoms with Gasteiger partial charge in [0.2, 0.25) is 5.13 Å². The number of ether oxygens (including phenoxy) is 1. The summed E-state index contributed by atoms with van der Waals surface area (Å²) in [5.74, 6) is 2.45. The fourth-order valence-electron chi connectivity index (χ4n) is 2.32. The Morgan fingerprint density at radius 2 is 2.14 bits per heavy atom. The molecule has 3 aromatic rings. The summed E-state index contributed by atoms with van der Waals surface area (Å²) in [5, 5.41) is 4.18. The fraction of sp³-hybridized carbons (Fsp3) is 0.267. The zero-order valence-corrected chi connectivity index (χ0v) is 13.5. The van der Waals surface area contributed by atoms with Gasteiger partial charge in [0.25, 0.3) is 0 Å². The smallest absolute Gasteiger partial charge is 0.203 e. The van der Waals surface area contributed by atoms with E-state index in [0.29, 0.717) is 0 Å². The third kappa shape index (κ3) is 2.80. The van der Waals surface area contributed by atoms with Crippen molar-refractivity contribution in [3.8, 4) is 5.75 Å². The van der Waals surface area contributed by atoms with E-state index in [1.165, 1.54) is 11.5 Å². The molecule has 0 fully saturated rings. The molecular formula is C15H17N5OS. The minimum absolute atomic E-state index is 0.163. The first-order valence-electron chi connectivity index (χ1n) is 6.86. The van der Waals surface area contributed by atoms with Crippen LogP contribution in [0, 0.1) is 6.92 Å². The van der Waals surface area contributed by atoms with Gasteiger partial charge in [0.1, 0.15) is 23.4 Å². The number of nitrogens with zero attached hydrogens (tertiary/aromatic N) is 4. The van der Waals surface area contributed by atoms with Crippen LogP contribution in [0.2, 0.25) is 0 Å². The highest BCUT2D eigenvalue weighted by Gasteiger charge is 2.22. The van der Waals surface area contributed by atoms with Crippen molar-refractivity contribution in [1.82, 2.24) is 18.9 Å². The Morgan fingerprint density at radius 3 is 2.77 bits per heavy atom. The van der Waals surface area contributed by atoms with Crippen LogP contribution in [0.15, 0.2) is 36.7 Å². The van der Waals surface area contributed by atoms with E-state index < -0.39 is 0 Å². The zero-order chi connectivity index (χ0) is 15.5. The quantitative estimate of drug-likeness (QED) is 0.784. The number of nitrogens with one attached hydrogen (secondary N) is 1. The molecule has 7 heteroatoms. The second kappa shape index (κ2) is 6.15. The van der Waals surface area contributed by atoms with E-state index >= 15 is 0 Å². The van der Waals surface area contributed by atoms with Gasteiger partial charge in [-0.05, 0) is 13.0 Å². The van der Waals surface area contributed by atoms with Crippen molar-refractivity contribution in [3.63, 3.8) is 0 Å². The average molecular weight is 315 g/mol. The molecule has 6 nitrogen and oxygen atoms in total. The van der Waals surface area contributed by atoms with Gasteiger partial charge < -0.3 is 14.6 Å². The summed E-state index contributed by atoms with van der Waals surface area (Å²) in [7, 11) is 3.64. The standard InChI is InChI=1S/C15H17N5OS/c1-10-17-15(22-19-10)18-13(14-16-8-9-20(14)2)11-6-4-5-7-12(11)21-3/h4-9,13H,1-3H3,(H,17,18,19). The number of para-hydroxylation sites is 1. The molecule has 0 aliphatic rings. The topological polar surface area (TPSA) is 64.9 Å². The zero-order valence-electron chi connectivity index (χ0n) is 12.6. The van der Waals surface area contributed by atoms with E-state index in [9.17, 15) is 0 Å². The van der Waals surface area contributed by atoms with Crippen molar-refractivity contribution < 1.29 is 4.74 Å².